The molecule has 0 amide bonds. The highest BCUT2D eigenvalue weighted by atomic mass is 16.5. The molecule has 0 radical (unpaired) electrons. The van der Waals surface area contributed by atoms with Gasteiger partial charge in [-0.25, -0.2) is 0 Å². The number of ether oxygens (including phenoxy) is 1. The molecule has 3 atom stereocenters. The maximum Gasteiger partial charge on any atom is 0.310 e. The Morgan fingerprint density at radius 1 is 0.885 bits per heavy atom. The number of carboxylic acids is 1. The van der Waals surface area contributed by atoms with E-state index in [2.05, 4.69) is 27.7 Å². The first-order chi connectivity index (χ1) is 12.3. The summed E-state index contributed by atoms with van der Waals surface area (Å²) in [4.78, 5) is 24.0. The molecule has 1 N–H and O–H groups in total. The molecule has 0 aromatic carbocycles. The van der Waals surface area contributed by atoms with Crippen LogP contribution < -0.4 is 0 Å². The van der Waals surface area contributed by atoms with Gasteiger partial charge in [-0.1, -0.05) is 72.6 Å². The van der Waals surface area contributed by atoms with Gasteiger partial charge in [0.25, 0.3) is 0 Å². The van der Waals surface area contributed by atoms with Gasteiger partial charge in [-0.15, -0.1) is 0 Å². The van der Waals surface area contributed by atoms with Crippen LogP contribution in [0.15, 0.2) is 0 Å². The Morgan fingerprint density at radius 3 is 1.96 bits per heavy atom. The average Bonchev–Trinajstić information content (AvgIpc) is 2.59. The molecule has 3 unspecified atom stereocenters. The minimum absolute atomic E-state index is 0.0884. The van der Waals surface area contributed by atoms with E-state index in [1.807, 2.05) is 0 Å². The summed E-state index contributed by atoms with van der Waals surface area (Å²) in [6.07, 6.45) is 11.3. The second-order valence-electron chi connectivity index (χ2n) is 8.79. The first kappa shape index (κ1) is 23.0. The van der Waals surface area contributed by atoms with Gasteiger partial charge in [-0.3, -0.25) is 9.59 Å². The van der Waals surface area contributed by atoms with Crippen LogP contribution >= 0.6 is 0 Å². The molecule has 152 valence electrons. The molecule has 0 aromatic heterocycles. The molecule has 0 spiro atoms. The predicted molar refractivity (Wildman–Crippen MR) is 105 cm³/mol. The van der Waals surface area contributed by atoms with Crippen molar-refractivity contribution in [2.75, 3.05) is 0 Å². The van der Waals surface area contributed by atoms with E-state index in [1.54, 1.807) is 0 Å². The van der Waals surface area contributed by atoms with E-state index in [4.69, 9.17) is 4.74 Å². The van der Waals surface area contributed by atoms with Crippen LogP contribution in [0.2, 0.25) is 0 Å². The molecule has 1 aliphatic rings. The van der Waals surface area contributed by atoms with Gasteiger partial charge in [-0.2, -0.15) is 0 Å². The van der Waals surface area contributed by atoms with E-state index in [1.165, 1.54) is 32.1 Å². The molecule has 26 heavy (non-hydrogen) atoms. The van der Waals surface area contributed by atoms with Crippen LogP contribution in [0.5, 0.6) is 0 Å². The number of hydrogen-bond donors (Lipinski definition) is 1. The van der Waals surface area contributed by atoms with Crippen LogP contribution in [0.4, 0.5) is 0 Å². The van der Waals surface area contributed by atoms with Crippen molar-refractivity contribution >= 4 is 11.9 Å². The van der Waals surface area contributed by atoms with Crippen molar-refractivity contribution in [3.63, 3.8) is 0 Å². The Bertz CT molecular complexity index is 416. The average molecular weight is 369 g/mol. The monoisotopic (exact) mass is 368 g/mol. The third-order valence-corrected chi connectivity index (χ3v) is 5.67. The highest BCUT2D eigenvalue weighted by Crippen LogP contribution is 2.32. The summed E-state index contributed by atoms with van der Waals surface area (Å²) in [5.74, 6) is -1.11. The topological polar surface area (TPSA) is 63.6 Å². The first-order valence-electron chi connectivity index (χ1n) is 10.8. The number of carbonyl (C=O) groups excluding carboxylic acids is 1. The Kier molecular flexibility index (Phi) is 10.9. The summed E-state index contributed by atoms with van der Waals surface area (Å²) in [6, 6.07) is 0. The summed E-state index contributed by atoms with van der Waals surface area (Å²) in [6.45, 7) is 8.69. The van der Waals surface area contributed by atoms with Gasteiger partial charge in [-0.05, 0) is 37.5 Å². The fraction of sp³-hybridized carbons (Fsp3) is 0.909. The first-order valence-corrected chi connectivity index (χ1v) is 10.8. The van der Waals surface area contributed by atoms with Crippen molar-refractivity contribution in [2.24, 2.45) is 23.7 Å². The number of hydrogen-bond acceptors (Lipinski definition) is 3. The normalized spacial score (nSPS) is 21.8. The summed E-state index contributed by atoms with van der Waals surface area (Å²) in [5.41, 5.74) is 0. The van der Waals surface area contributed by atoms with E-state index in [9.17, 15) is 14.7 Å². The van der Waals surface area contributed by atoms with Gasteiger partial charge in [0.1, 0.15) is 6.10 Å². The SMILES string of the molecule is CC(C)CCCCCCCC(OC(=O)C1CCCCC1C(=O)O)C(C)C. The van der Waals surface area contributed by atoms with Gasteiger partial charge in [0.15, 0.2) is 0 Å². The van der Waals surface area contributed by atoms with Crippen LogP contribution in [0, 0.1) is 23.7 Å². The van der Waals surface area contributed by atoms with E-state index in [-0.39, 0.29) is 18.0 Å². The quantitative estimate of drug-likeness (QED) is 0.347. The van der Waals surface area contributed by atoms with Crippen LogP contribution in [0.1, 0.15) is 98.3 Å². The smallest absolute Gasteiger partial charge is 0.310 e. The third-order valence-electron chi connectivity index (χ3n) is 5.67. The van der Waals surface area contributed by atoms with Gasteiger partial charge >= 0.3 is 11.9 Å². The van der Waals surface area contributed by atoms with Crippen LogP contribution in [0.25, 0.3) is 0 Å². The molecule has 4 heteroatoms. The molecule has 1 aliphatic carbocycles. The number of esters is 1. The summed E-state index contributed by atoms with van der Waals surface area (Å²) < 4.78 is 5.79. The van der Waals surface area contributed by atoms with Crippen molar-refractivity contribution in [1.29, 1.82) is 0 Å². The molecule has 1 rings (SSSR count). The van der Waals surface area contributed by atoms with Gasteiger partial charge in [0.05, 0.1) is 11.8 Å². The van der Waals surface area contributed by atoms with Crippen molar-refractivity contribution in [3.8, 4) is 0 Å². The van der Waals surface area contributed by atoms with Crippen molar-refractivity contribution < 1.29 is 19.4 Å². The number of unbranched alkanes of at least 4 members (excludes halogenated alkanes) is 4. The minimum atomic E-state index is -0.853. The van der Waals surface area contributed by atoms with E-state index < -0.39 is 17.8 Å². The molecule has 0 bridgehead atoms. The molecule has 0 saturated heterocycles. The fourth-order valence-corrected chi connectivity index (χ4v) is 3.90. The van der Waals surface area contributed by atoms with Crippen LogP contribution in [-0.2, 0) is 14.3 Å². The lowest BCUT2D eigenvalue weighted by atomic mass is 9.79. The zero-order valence-electron chi connectivity index (χ0n) is 17.3. The summed E-state index contributed by atoms with van der Waals surface area (Å²) >= 11 is 0. The van der Waals surface area contributed by atoms with E-state index in [0.717, 1.165) is 31.6 Å². The molecule has 1 fully saturated rings. The van der Waals surface area contributed by atoms with E-state index in [0.29, 0.717) is 12.8 Å². The molecule has 0 aliphatic heterocycles. The Morgan fingerprint density at radius 2 is 1.42 bits per heavy atom. The molecule has 0 heterocycles. The number of carbonyl (C=O) groups is 2. The molecule has 1 saturated carbocycles. The molecular formula is C22H40O4. The molecule has 0 aromatic rings. The van der Waals surface area contributed by atoms with Crippen molar-refractivity contribution in [1.82, 2.24) is 0 Å². The van der Waals surface area contributed by atoms with Gasteiger partial charge in [0, 0.05) is 0 Å². The van der Waals surface area contributed by atoms with Gasteiger partial charge in [0.2, 0.25) is 0 Å². The van der Waals surface area contributed by atoms with Crippen LogP contribution in [0.3, 0.4) is 0 Å². The largest absolute Gasteiger partial charge is 0.481 e. The Labute approximate surface area is 160 Å². The zero-order valence-corrected chi connectivity index (χ0v) is 17.3. The second-order valence-corrected chi connectivity index (χ2v) is 8.79. The maximum absolute atomic E-state index is 12.6. The standard InChI is InChI=1S/C22H40O4/c1-16(2)12-8-6-5-7-9-15-20(17(3)4)26-22(25)19-14-11-10-13-18(19)21(23)24/h16-20H,5-15H2,1-4H3,(H,23,24). The predicted octanol–water partition coefficient (Wildman–Crippen LogP) is 5.83. The lowest BCUT2D eigenvalue weighted by Crippen LogP contribution is -2.36. The fourth-order valence-electron chi connectivity index (χ4n) is 3.90. The lowest BCUT2D eigenvalue weighted by Gasteiger charge is -2.30. The Hall–Kier alpha value is -1.06. The number of rotatable bonds is 12. The van der Waals surface area contributed by atoms with E-state index >= 15 is 0 Å². The highest BCUT2D eigenvalue weighted by molar-refractivity contribution is 5.81. The van der Waals surface area contributed by atoms with Crippen molar-refractivity contribution in [2.45, 2.75) is 104 Å². The zero-order chi connectivity index (χ0) is 19.5. The molecule has 4 nitrogen and oxygen atoms in total. The summed E-state index contributed by atoms with van der Waals surface area (Å²) in [7, 11) is 0. The maximum atomic E-state index is 12.6. The van der Waals surface area contributed by atoms with Crippen LogP contribution in [-0.4, -0.2) is 23.1 Å². The lowest BCUT2D eigenvalue weighted by molar-refractivity contribution is -0.165. The third kappa shape index (κ3) is 8.55. The van der Waals surface area contributed by atoms with Gasteiger partial charge < -0.3 is 9.84 Å². The summed E-state index contributed by atoms with van der Waals surface area (Å²) in [5, 5.41) is 9.37. The van der Waals surface area contributed by atoms with Crippen molar-refractivity contribution in [3.05, 3.63) is 0 Å². The highest BCUT2D eigenvalue weighted by Gasteiger charge is 2.37. The molecular weight excluding hydrogens is 328 g/mol. The number of carboxylic acid groups (broad SMARTS) is 1. The Balaban J connectivity index is 2.37. The second kappa shape index (κ2) is 12.3. The minimum Gasteiger partial charge on any atom is -0.481 e. The number of aliphatic carboxylic acids is 1.